The topological polar surface area (TPSA) is 83.6 Å². The number of aldehydes is 1. The molecule has 0 aromatic heterocycles. The quantitative estimate of drug-likeness (QED) is 0.574. The molecule has 0 spiro atoms. The molecule has 0 bridgehead atoms. The molecule has 0 saturated carbocycles. The molecule has 1 aromatic carbocycles. The summed E-state index contributed by atoms with van der Waals surface area (Å²) in [6.45, 7) is 4.60. The van der Waals surface area contributed by atoms with E-state index in [1.165, 1.54) is 28.6 Å². The van der Waals surface area contributed by atoms with E-state index in [0.717, 1.165) is 6.29 Å². The van der Waals surface area contributed by atoms with Crippen molar-refractivity contribution in [2.75, 3.05) is 19.6 Å². The van der Waals surface area contributed by atoms with Crippen LogP contribution in [0.1, 0.15) is 30.6 Å². The van der Waals surface area contributed by atoms with Crippen LogP contribution in [0.2, 0.25) is 0 Å². The number of benzene rings is 1. The maximum absolute atomic E-state index is 12.3. The Morgan fingerprint density at radius 1 is 1.19 bits per heavy atom. The molecule has 0 heterocycles. The molecule has 0 saturated heterocycles. The van der Waals surface area contributed by atoms with E-state index in [0.29, 0.717) is 18.7 Å². The SMILES string of the molecule is CCN(CC)S(=O)(=O)c1ccc(C(=O)NCCC=O)cc1. The van der Waals surface area contributed by atoms with E-state index in [4.69, 9.17) is 0 Å². The zero-order valence-corrected chi connectivity index (χ0v) is 13.0. The fourth-order valence-electron chi connectivity index (χ4n) is 1.84. The molecule has 1 N–H and O–H groups in total. The summed E-state index contributed by atoms with van der Waals surface area (Å²) in [6, 6.07) is 5.77. The molecule has 7 heteroatoms. The lowest BCUT2D eigenvalue weighted by molar-refractivity contribution is -0.107. The van der Waals surface area contributed by atoms with Crippen LogP contribution in [0.25, 0.3) is 0 Å². The van der Waals surface area contributed by atoms with Crippen molar-refractivity contribution >= 4 is 22.2 Å². The van der Waals surface area contributed by atoms with E-state index in [9.17, 15) is 18.0 Å². The minimum Gasteiger partial charge on any atom is -0.352 e. The average molecular weight is 312 g/mol. The fraction of sp³-hybridized carbons (Fsp3) is 0.429. The van der Waals surface area contributed by atoms with Crippen molar-refractivity contribution < 1.29 is 18.0 Å². The van der Waals surface area contributed by atoms with Gasteiger partial charge < -0.3 is 10.1 Å². The van der Waals surface area contributed by atoms with Crippen LogP contribution in [0.4, 0.5) is 0 Å². The number of hydrogen-bond acceptors (Lipinski definition) is 4. The summed E-state index contributed by atoms with van der Waals surface area (Å²) < 4.78 is 25.9. The Bertz CT molecular complexity index is 577. The third kappa shape index (κ3) is 4.37. The van der Waals surface area contributed by atoms with Crippen molar-refractivity contribution in [2.24, 2.45) is 0 Å². The summed E-state index contributed by atoms with van der Waals surface area (Å²) >= 11 is 0. The number of rotatable bonds is 8. The van der Waals surface area contributed by atoms with Crippen LogP contribution in [0.3, 0.4) is 0 Å². The molecule has 21 heavy (non-hydrogen) atoms. The van der Waals surface area contributed by atoms with Crippen LogP contribution in [0.15, 0.2) is 29.2 Å². The van der Waals surface area contributed by atoms with Gasteiger partial charge in [-0.05, 0) is 24.3 Å². The highest BCUT2D eigenvalue weighted by molar-refractivity contribution is 7.89. The first kappa shape index (κ1) is 17.3. The highest BCUT2D eigenvalue weighted by Gasteiger charge is 2.21. The van der Waals surface area contributed by atoms with Crippen LogP contribution >= 0.6 is 0 Å². The number of hydrogen-bond donors (Lipinski definition) is 1. The molecule has 0 radical (unpaired) electrons. The first-order chi connectivity index (χ1) is 9.97. The molecule has 0 atom stereocenters. The molecule has 0 unspecified atom stereocenters. The van der Waals surface area contributed by atoms with Gasteiger partial charge in [0.1, 0.15) is 6.29 Å². The Kier molecular flexibility index (Phi) is 6.51. The van der Waals surface area contributed by atoms with E-state index in [2.05, 4.69) is 5.32 Å². The zero-order chi connectivity index (χ0) is 15.9. The molecule has 0 fully saturated rings. The van der Waals surface area contributed by atoms with Crippen LogP contribution in [-0.4, -0.2) is 44.6 Å². The molecule has 6 nitrogen and oxygen atoms in total. The van der Waals surface area contributed by atoms with Gasteiger partial charge in [0.25, 0.3) is 5.91 Å². The van der Waals surface area contributed by atoms with Gasteiger partial charge in [-0.2, -0.15) is 4.31 Å². The Morgan fingerprint density at radius 3 is 2.24 bits per heavy atom. The number of nitrogens with one attached hydrogen (secondary N) is 1. The van der Waals surface area contributed by atoms with E-state index < -0.39 is 10.0 Å². The van der Waals surface area contributed by atoms with Crippen molar-refractivity contribution in [3.8, 4) is 0 Å². The molecule has 0 aliphatic heterocycles. The predicted octanol–water partition coefficient (Wildman–Crippen LogP) is 1.04. The lowest BCUT2D eigenvalue weighted by Gasteiger charge is -2.18. The highest BCUT2D eigenvalue weighted by Crippen LogP contribution is 2.16. The number of carbonyl (C=O) groups is 2. The Hall–Kier alpha value is -1.73. The largest absolute Gasteiger partial charge is 0.352 e. The molecule has 1 amide bonds. The number of amides is 1. The molecular formula is C14H20N2O4S. The van der Waals surface area contributed by atoms with Crippen LogP contribution in [-0.2, 0) is 14.8 Å². The van der Waals surface area contributed by atoms with E-state index >= 15 is 0 Å². The summed E-state index contributed by atoms with van der Waals surface area (Å²) in [7, 11) is -3.51. The predicted molar refractivity (Wildman–Crippen MR) is 79.6 cm³/mol. The van der Waals surface area contributed by atoms with Crippen LogP contribution < -0.4 is 5.32 Å². The lowest BCUT2D eigenvalue weighted by atomic mass is 10.2. The number of nitrogens with zero attached hydrogens (tertiary/aromatic N) is 1. The standard InChI is InChI=1S/C14H20N2O4S/c1-3-16(4-2)21(19,20)13-8-6-12(7-9-13)14(18)15-10-5-11-17/h6-9,11H,3-5,10H2,1-2H3,(H,15,18). The van der Waals surface area contributed by atoms with E-state index in [-0.39, 0.29) is 23.8 Å². The van der Waals surface area contributed by atoms with E-state index in [1.807, 2.05) is 0 Å². The first-order valence-electron chi connectivity index (χ1n) is 6.79. The van der Waals surface area contributed by atoms with Crippen LogP contribution in [0, 0.1) is 0 Å². The van der Waals surface area contributed by atoms with Gasteiger partial charge in [-0.3, -0.25) is 4.79 Å². The maximum Gasteiger partial charge on any atom is 0.251 e. The normalized spacial score (nSPS) is 11.4. The monoisotopic (exact) mass is 312 g/mol. The molecule has 1 aromatic rings. The second kappa shape index (κ2) is 7.90. The molecule has 116 valence electrons. The van der Waals surface area contributed by atoms with E-state index in [1.54, 1.807) is 13.8 Å². The van der Waals surface area contributed by atoms with Crippen molar-refractivity contribution in [2.45, 2.75) is 25.2 Å². The zero-order valence-electron chi connectivity index (χ0n) is 12.2. The van der Waals surface area contributed by atoms with Gasteiger partial charge in [-0.25, -0.2) is 8.42 Å². The van der Waals surface area contributed by atoms with Gasteiger partial charge in [0.15, 0.2) is 0 Å². The van der Waals surface area contributed by atoms with Crippen LogP contribution in [0.5, 0.6) is 0 Å². The van der Waals surface area contributed by atoms with Gasteiger partial charge in [-0.1, -0.05) is 13.8 Å². The smallest absolute Gasteiger partial charge is 0.251 e. The fourth-order valence-corrected chi connectivity index (χ4v) is 3.30. The van der Waals surface area contributed by atoms with Crippen molar-refractivity contribution in [1.29, 1.82) is 0 Å². The number of carbonyl (C=O) groups excluding carboxylic acids is 2. The van der Waals surface area contributed by atoms with Gasteiger partial charge in [0.2, 0.25) is 10.0 Å². The third-order valence-electron chi connectivity index (χ3n) is 3.01. The third-order valence-corrected chi connectivity index (χ3v) is 5.07. The second-order valence-electron chi connectivity index (χ2n) is 4.32. The van der Waals surface area contributed by atoms with Gasteiger partial charge in [0, 0.05) is 31.6 Å². The summed E-state index contributed by atoms with van der Waals surface area (Å²) in [5.41, 5.74) is 0.361. The Morgan fingerprint density at radius 2 is 1.76 bits per heavy atom. The van der Waals surface area contributed by atoms with Crippen molar-refractivity contribution in [3.63, 3.8) is 0 Å². The summed E-state index contributed by atoms with van der Waals surface area (Å²) in [5, 5.41) is 2.57. The summed E-state index contributed by atoms with van der Waals surface area (Å²) in [6.07, 6.45) is 0.972. The molecule has 0 aliphatic rings. The lowest BCUT2D eigenvalue weighted by Crippen LogP contribution is -2.30. The molecule has 0 aliphatic carbocycles. The first-order valence-corrected chi connectivity index (χ1v) is 8.23. The minimum atomic E-state index is -3.51. The van der Waals surface area contributed by atoms with Crippen molar-refractivity contribution in [3.05, 3.63) is 29.8 Å². The van der Waals surface area contributed by atoms with Crippen molar-refractivity contribution in [1.82, 2.24) is 9.62 Å². The van der Waals surface area contributed by atoms with Gasteiger partial charge in [0.05, 0.1) is 4.90 Å². The van der Waals surface area contributed by atoms with Gasteiger partial charge >= 0.3 is 0 Å². The highest BCUT2D eigenvalue weighted by atomic mass is 32.2. The molecular weight excluding hydrogens is 292 g/mol. The summed E-state index contributed by atoms with van der Waals surface area (Å²) in [5.74, 6) is -0.330. The number of sulfonamides is 1. The van der Waals surface area contributed by atoms with Gasteiger partial charge in [-0.15, -0.1) is 0 Å². The maximum atomic E-state index is 12.3. The second-order valence-corrected chi connectivity index (χ2v) is 6.26. The Balaban J connectivity index is 2.87. The Labute approximate surface area is 125 Å². The summed E-state index contributed by atoms with van der Waals surface area (Å²) in [4.78, 5) is 22.1. The average Bonchev–Trinajstić information content (AvgIpc) is 2.48. The minimum absolute atomic E-state index is 0.163. The molecule has 1 rings (SSSR count).